The SMILES string of the molecule is CNC(c1cc(OC)cc(OC)c1)c1cc(Cl)ccc1I. The molecular weight excluding hydrogens is 401 g/mol. The molecule has 1 atom stereocenters. The fraction of sp³-hybridized carbons (Fsp3) is 0.250. The number of hydrogen-bond acceptors (Lipinski definition) is 3. The first-order valence-corrected chi connectivity index (χ1v) is 7.90. The van der Waals surface area contributed by atoms with Gasteiger partial charge in [0.25, 0.3) is 0 Å². The molecular formula is C16H17ClINO2. The highest BCUT2D eigenvalue weighted by Crippen LogP contribution is 2.32. The largest absolute Gasteiger partial charge is 0.497 e. The Kier molecular flexibility index (Phi) is 5.72. The predicted molar refractivity (Wildman–Crippen MR) is 94.6 cm³/mol. The van der Waals surface area contributed by atoms with E-state index in [1.165, 1.54) is 0 Å². The molecule has 0 bridgehead atoms. The minimum Gasteiger partial charge on any atom is -0.497 e. The van der Waals surface area contributed by atoms with Gasteiger partial charge < -0.3 is 14.8 Å². The lowest BCUT2D eigenvalue weighted by atomic mass is 9.98. The van der Waals surface area contributed by atoms with Crippen LogP contribution in [0.2, 0.25) is 5.02 Å². The summed E-state index contributed by atoms with van der Waals surface area (Å²) in [7, 11) is 5.22. The van der Waals surface area contributed by atoms with E-state index >= 15 is 0 Å². The van der Waals surface area contributed by atoms with Crippen LogP contribution in [0.3, 0.4) is 0 Å². The molecule has 21 heavy (non-hydrogen) atoms. The fourth-order valence-electron chi connectivity index (χ4n) is 2.23. The summed E-state index contributed by atoms with van der Waals surface area (Å²) in [4.78, 5) is 0. The summed E-state index contributed by atoms with van der Waals surface area (Å²) in [6.45, 7) is 0. The lowest BCUT2D eigenvalue weighted by molar-refractivity contribution is 0.392. The normalized spacial score (nSPS) is 12.0. The Bertz CT molecular complexity index is 611. The quantitative estimate of drug-likeness (QED) is 0.737. The molecule has 1 N–H and O–H groups in total. The van der Waals surface area contributed by atoms with Crippen LogP contribution in [0.4, 0.5) is 0 Å². The van der Waals surface area contributed by atoms with Gasteiger partial charge in [-0.05, 0) is 71.1 Å². The number of ether oxygens (including phenoxy) is 2. The third-order valence-corrected chi connectivity index (χ3v) is 4.48. The van der Waals surface area contributed by atoms with E-state index in [9.17, 15) is 0 Å². The van der Waals surface area contributed by atoms with Gasteiger partial charge in [-0.3, -0.25) is 0 Å². The van der Waals surface area contributed by atoms with E-state index in [-0.39, 0.29) is 6.04 Å². The van der Waals surface area contributed by atoms with Gasteiger partial charge in [-0.1, -0.05) is 11.6 Å². The van der Waals surface area contributed by atoms with E-state index in [0.717, 1.165) is 31.2 Å². The zero-order valence-electron chi connectivity index (χ0n) is 12.1. The molecule has 0 spiro atoms. The molecule has 1 unspecified atom stereocenters. The Labute approximate surface area is 143 Å². The average Bonchev–Trinajstić information content (AvgIpc) is 2.51. The van der Waals surface area contributed by atoms with Crippen molar-refractivity contribution in [3.63, 3.8) is 0 Å². The first kappa shape index (κ1) is 16.4. The highest BCUT2D eigenvalue weighted by Gasteiger charge is 2.17. The van der Waals surface area contributed by atoms with Crippen molar-refractivity contribution in [2.45, 2.75) is 6.04 Å². The summed E-state index contributed by atoms with van der Waals surface area (Å²) in [5.41, 5.74) is 2.19. The van der Waals surface area contributed by atoms with E-state index in [1.54, 1.807) is 14.2 Å². The van der Waals surface area contributed by atoms with Crippen molar-refractivity contribution in [3.05, 3.63) is 56.1 Å². The molecule has 0 heterocycles. The fourth-order valence-corrected chi connectivity index (χ4v) is 3.06. The second-order valence-corrected chi connectivity index (χ2v) is 6.13. The molecule has 2 rings (SSSR count). The van der Waals surface area contributed by atoms with Gasteiger partial charge in [0, 0.05) is 14.7 Å². The average molecular weight is 418 g/mol. The molecule has 2 aromatic rings. The van der Waals surface area contributed by atoms with Gasteiger partial charge >= 0.3 is 0 Å². The van der Waals surface area contributed by atoms with Crippen LogP contribution < -0.4 is 14.8 Å². The first-order valence-electron chi connectivity index (χ1n) is 6.44. The van der Waals surface area contributed by atoms with E-state index in [4.69, 9.17) is 21.1 Å². The lowest BCUT2D eigenvalue weighted by Crippen LogP contribution is -2.19. The number of benzene rings is 2. The Balaban J connectivity index is 2.52. The minimum atomic E-state index is 0.0135. The number of halogens is 2. The molecule has 0 aliphatic rings. The van der Waals surface area contributed by atoms with E-state index in [0.29, 0.717) is 0 Å². The summed E-state index contributed by atoms with van der Waals surface area (Å²) in [5.74, 6) is 1.53. The number of nitrogens with one attached hydrogen (secondary N) is 1. The van der Waals surface area contributed by atoms with Gasteiger partial charge in [-0.25, -0.2) is 0 Å². The van der Waals surface area contributed by atoms with Crippen molar-refractivity contribution in [2.24, 2.45) is 0 Å². The molecule has 0 saturated carbocycles. The van der Waals surface area contributed by atoms with Crippen LogP contribution in [-0.4, -0.2) is 21.3 Å². The molecule has 0 aliphatic heterocycles. The zero-order chi connectivity index (χ0) is 15.4. The molecule has 3 nitrogen and oxygen atoms in total. The third-order valence-electron chi connectivity index (χ3n) is 3.26. The second kappa shape index (κ2) is 7.33. The molecule has 0 saturated heterocycles. The summed E-state index contributed by atoms with van der Waals surface area (Å²) < 4.78 is 11.8. The maximum atomic E-state index is 6.14. The van der Waals surface area contributed by atoms with Crippen molar-refractivity contribution in [1.29, 1.82) is 0 Å². The van der Waals surface area contributed by atoms with Crippen molar-refractivity contribution in [2.75, 3.05) is 21.3 Å². The summed E-state index contributed by atoms with van der Waals surface area (Å²) in [5, 5.41) is 4.05. The van der Waals surface area contributed by atoms with Crippen molar-refractivity contribution < 1.29 is 9.47 Å². The summed E-state index contributed by atoms with van der Waals surface area (Å²) in [6, 6.07) is 11.8. The van der Waals surface area contributed by atoms with Crippen LogP contribution in [0.5, 0.6) is 11.5 Å². The van der Waals surface area contributed by atoms with Crippen LogP contribution >= 0.6 is 34.2 Å². The van der Waals surface area contributed by atoms with Crippen LogP contribution in [0.15, 0.2) is 36.4 Å². The molecule has 0 amide bonds. The summed E-state index contributed by atoms with van der Waals surface area (Å²) in [6.07, 6.45) is 0. The lowest BCUT2D eigenvalue weighted by Gasteiger charge is -2.20. The maximum absolute atomic E-state index is 6.14. The zero-order valence-corrected chi connectivity index (χ0v) is 15.0. The molecule has 5 heteroatoms. The first-order chi connectivity index (χ1) is 10.1. The van der Waals surface area contributed by atoms with Gasteiger partial charge in [0.1, 0.15) is 11.5 Å². The standard InChI is InChI=1S/C16H17ClINO2/c1-19-16(14-8-11(17)4-5-15(14)18)10-6-12(20-2)9-13(7-10)21-3/h4-9,16,19H,1-3H3. The number of rotatable bonds is 5. The van der Waals surface area contributed by atoms with Crippen LogP contribution in [0.1, 0.15) is 17.2 Å². The van der Waals surface area contributed by atoms with Gasteiger partial charge in [0.05, 0.1) is 20.3 Å². The Morgan fingerprint density at radius 3 is 2.19 bits per heavy atom. The Morgan fingerprint density at radius 1 is 1.05 bits per heavy atom. The number of methoxy groups -OCH3 is 2. The molecule has 0 aliphatic carbocycles. The van der Waals surface area contributed by atoms with Gasteiger partial charge in [0.2, 0.25) is 0 Å². The molecule has 112 valence electrons. The van der Waals surface area contributed by atoms with Crippen molar-refractivity contribution in [3.8, 4) is 11.5 Å². The maximum Gasteiger partial charge on any atom is 0.122 e. The van der Waals surface area contributed by atoms with E-state index < -0.39 is 0 Å². The monoisotopic (exact) mass is 417 g/mol. The van der Waals surface area contributed by atoms with Gasteiger partial charge in [-0.2, -0.15) is 0 Å². The second-order valence-electron chi connectivity index (χ2n) is 4.53. The Morgan fingerprint density at radius 2 is 1.67 bits per heavy atom. The molecule has 0 radical (unpaired) electrons. The Hall–Kier alpha value is -0.980. The van der Waals surface area contributed by atoms with Crippen molar-refractivity contribution in [1.82, 2.24) is 5.32 Å². The minimum absolute atomic E-state index is 0.0135. The highest BCUT2D eigenvalue weighted by molar-refractivity contribution is 14.1. The molecule has 0 fully saturated rings. The van der Waals surface area contributed by atoms with Crippen molar-refractivity contribution >= 4 is 34.2 Å². The topological polar surface area (TPSA) is 30.5 Å². The smallest absolute Gasteiger partial charge is 0.122 e. The van der Waals surface area contributed by atoms with E-state index in [2.05, 4.69) is 27.9 Å². The van der Waals surface area contributed by atoms with Crippen LogP contribution in [0, 0.1) is 3.57 Å². The van der Waals surface area contributed by atoms with Crippen LogP contribution in [0.25, 0.3) is 0 Å². The predicted octanol–water partition coefficient (Wildman–Crippen LogP) is 4.27. The number of hydrogen-bond donors (Lipinski definition) is 1. The summed E-state index contributed by atoms with van der Waals surface area (Å²) >= 11 is 8.46. The van der Waals surface area contributed by atoms with E-state index in [1.807, 2.05) is 43.4 Å². The van der Waals surface area contributed by atoms with Gasteiger partial charge in [0.15, 0.2) is 0 Å². The van der Waals surface area contributed by atoms with Gasteiger partial charge in [-0.15, -0.1) is 0 Å². The third kappa shape index (κ3) is 3.81. The highest BCUT2D eigenvalue weighted by atomic mass is 127. The molecule has 0 aromatic heterocycles. The molecule has 2 aromatic carbocycles. The van der Waals surface area contributed by atoms with Crippen LogP contribution in [-0.2, 0) is 0 Å².